The number of anilines is 1. The van der Waals surface area contributed by atoms with Crippen LogP contribution in [-0.4, -0.2) is 13.1 Å². The standard InChI is InChI=1S/C16H15BrClNO2/c1-16(15(20)21-2,11-3-5-12(17)6-4-11)19-14-9-7-13(18)8-10-14/h3-10,19H,1-2H3. The van der Waals surface area contributed by atoms with Gasteiger partial charge < -0.3 is 10.1 Å². The number of carbonyl (C=O) groups is 1. The Hall–Kier alpha value is -1.52. The van der Waals surface area contributed by atoms with Crippen molar-refractivity contribution >= 4 is 39.2 Å². The summed E-state index contributed by atoms with van der Waals surface area (Å²) in [5.74, 6) is -0.361. The van der Waals surface area contributed by atoms with E-state index < -0.39 is 5.54 Å². The minimum Gasteiger partial charge on any atom is -0.467 e. The lowest BCUT2D eigenvalue weighted by molar-refractivity contribution is -0.145. The van der Waals surface area contributed by atoms with Crippen LogP contribution in [0.2, 0.25) is 5.02 Å². The molecule has 5 heteroatoms. The smallest absolute Gasteiger partial charge is 0.335 e. The molecule has 0 saturated carbocycles. The fourth-order valence-corrected chi connectivity index (χ4v) is 2.44. The number of rotatable bonds is 4. The summed E-state index contributed by atoms with van der Waals surface area (Å²) in [6.07, 6.45) is 0. The van der Waals surface area contributed by atoms with Gasteiger partial charge in [0.25, 0.3) is 0 Å². The normalized spacial score (nSPS) is 13.3. The lowest BCUT2D eigenvalue weighted by Gasteiger charge is -2.29. The molecule has 2 aromatic carbocycles. The molecule has 2 aromatic rings. The lowest BCUT2D eigenvalue weighted by atomic mass is 9.91. The van der Waals surface area contributed by atoms with Crippen LogP contribution in [0.25, 0.3) is 0 Å². The number of esters is 1. The molecule has 0 aliphatic heterocycles. The van der Waals surface area contributed by atoms with Crippen LogP contribution in [0, 0.1) is 0 Å². The van der Waals surface area contributed by atoms with E-state index in [-0.39, 0.29) is 5.97 Å². The first kappa shape index (κ1) is 15.9. The molecule has 21 heavy (non-hydrogen) atoms. The van der Waals surface area contributed by atoms with E-state index in [9.17, 15) is 4.79 Å². The number of methoxy groups -OCH3 is 1. The van der Waals surface area contributed by atoms with E-state index in [2.05, 4.69) is 21.2 Å². The zero-order valence-electron chi connectivity index (χ0n) is 11.7. The number of hydrogen-bond acceptors (Lipinski definition) is 3. The highest BCUT2D eigenvalue weighted by atomic mass is 79.9. The van der Waals surface area contributed by atoms with E-state index in [0.29, 0.717) is 5.02 Å². The summed E-state index contributed by atoms with van der Waals surface area (Å²) in [5.41, 5.74) is 0.617. The summed E-state index contributed by atoms with van der Waals surface area (Å²) < 4.78 is 5.91. The third-order valence-electron chi connectivity index (χ3n) is 3.25. The van der Waals surface area contributed by atoms with Crippen molar-refractivity contribution in [3.8, 4) is 0 Å². The van der Waals surface area contributed by atoms with Crippen molar-refractivity contribution in [2.45, 2.75) is 12.5 Å². The predicted octanol–water partition coefficient (Wildman–Crippen LogP) is 4.60. The lowest BCUT2D eigenvalue weighted by Crippen LogP contribution is -2.41. The molecule has 1 N–H and O–H groups in total. The van der Waals surface area contributed by atoms with Crippen molar-refractivity contribution in [1.82, 2.24) is 0 Å². The third-order valence-corrected chi connectivity index (χ3v) is 4.03. The Morgan fingerprint density at radius 1 is 1.14 bits per heavy atom. The minimum absolute atomic E-state index is 0.361. The number of ether oxygens (including phenoxy) is 1. The quantitative estimate of drug-likeness (QED) is 0.801. The Balaban J connectivity index is 2.39. The Kier molecular flexibility index (Phi) is 4.91. The molecule has 0 aromatic heterocycles. The van der Waals surface area contributed by atoms with Crippen LogP contribution >= 0.6 is 27.5 Å². The number of benzene rings is 2. The molecule has 110 valence electrons. The van der Waals surface area contributed by atoms with Gasteiger partial charge in [0.2, 0.25) is 0 Å². The van der Waals surface area contributed by atoms with Crippen molar-refractivity contribution in [2.75, 3.05) is 12.4 Å². The van der Waals surface area contributed by atoms with Crippen molar-refractivity contribution in [1.29, 1.82) is 0 Å². The molecule has 0 aliphatic rings. The van der Waals surface area contributed by atoms with Crippen LogP contribution in [0.1, 0.15) is 12.5 Å². The van der Waals surface area contributed by atoms with E-state index in [4.69, 9.17) is 16.3 Å². The van der Waals surface area contributed by atoms with Gasteiger partial charge in [-0.3, -0.25) is 0 Å². The summed E-state index contributed by atoms with van der Waals surface area (Å²) in [6, 6.07) is 14.7. The van der Waals surface area contributed by atoms with Crippen LogP contribution in [0.4, 0.5) is 5.69 Å². The second kappa shape index (κ2) is 6.50. The number of carbonyl (C=O) groups excluding carboxylic acids is 1. The van der Waals surface area contributed by atoms with Crippen LogP contribution in [0.3, 0.4) is 0 Å². The summed E-state index contributed by atoms with van der Waals surface area (Å²) in [5, 5.41) is 3.86. The van der Waals surface area contributed by atoms with Crippen LogP contribution in [-0.2, 0) is 15.1 Å². The Morgan fingerprint density at radius 2 is 1.71 bits per heavy atom. The first-order valence-corrected chi connectivity index (χ1v) is 7.51. The molecular weight excluding hydrogens is 354 g/mol. The van der Waals surface area contributed by atoms with Crippen molar-refractivity contribution < 1.29 is 9.53 Å². The number of halogens is 2. The van der Waals surface area contributed by atoms with Crippen LogP contribution in [0.5, 0.6) is 0 Å². The zero-order chi connectivity index (χ0) is 15.5. The molecule has 1 unspecified atom stereocenters. The van der Waals surface area contributed by atoms with Gasteiger partial charge in [-0.15, -0.1) is 0 Å². The molecular formula is C16H15BrClNO2. The maximum absolute atomic E-state index is 12.3. The van der Waals surface area contributed by atoms with E-state index in [1.807, 2.05) is 36.4 Å². The predicted molar refractivity (Wildman–Crippen MR) is 88.6 cm³/mol. The molecule has 0 radical (unpaired) electrons. The van der Waals surface area contributed by atoms with Gasteiger partial charge >= 0.3 is 5.97 Å². The first-order chi connectivity index (χ1) is 9.95. The third kappa shape index (κ3) is 3.57. The zero-order valence-corrected chi connectivity index (χ0v) is 14.0. The fourth-order valence-electron chi connectivity index (χ4n) is 2.05. The van der Waals surface area contributed by atoms with E-state index in [1.54, 1.807) is 19.1 Å². The molecule has 3 nitrogen and oxygen atoms in total. The van der Waals surface area contributed by atoms with E-state index >= 15 is 0 Å². The maximum atomic E-state index is 12.3. The summed E-state index contributed by atoms with van der Waals surface area (Å²) in [4.78, 5) is 12.3. The maximum Gasteiger partial charge on any atom is 0.335 e. The summed E-state index contributed by atoms with van der Waals surface area (Å²) in [7, 11) is 1.38. The molecule has 2 rings (SSSR count). The molecule has 1 atom stereocenters. The molecule has 0 heterocycles. The van der Waals surface area contributed by atoms with Gasteiger partial charge in [-0.25, -0.2) is 4.79 Å². The van der Waals surface area contributed by atoms with Gasteiger partial charge in [-0.05, 0) is 48.9 Å². The average Bonchev–Trinajstić information content (AvgIpc) is 2.49. The van der Waals surface area contributed by atoms with Gasteiger partial charge in [0.1, 0.15) is 0 Å². The highest BCUT2D eigenvalue weighted by Gasteiger charge is 2.36. The van der Waals surface area contributed by atoms with Crippen LogP contribution < -0.4 is 5.32 Å². The highest BCUT2D eigenvalue weighted by molar-refractivity contribution is 9.10. The van der Waals surface area contributed by atoms with Gasteiger partial charge in [-0.2, -0.15) is 0 Å². The number of hydrogen-bond donors (Lipinski definition) is 1. The fraction of sp³-hybridized carbons (Fsp3) is 0.188. The summed E-state index contributed by atoms with van der Waals surface area (Å²) >= 11 is 9.27. The Morgan fingerprint density at radius 3 is 2.24 bits per heavy atom. The van der Waals surface area contributed by atoms with Gasteiger partial charge in [0.05, 0.1) is 7.11 Å². The highest BCUT2D eigenvalue weighted by Crippen LogP contribution is 2.29. The van der Waals surface area contributed by atoms with Crippen LogP contribution in [0.15, 0.2) is 53.0 Å². The second-order valence-electron chi connectivity index (χ2n) is 4.76. The molecule has 0 spiro atoms. The SMILES string of the molecule is COC(=O)C(C)(Nc1ccc(Cl)cc1)c1ccc(Br)cc1. The first-order valence-electron chi connectivity index (χ1n) is 6.34. The molecule has 0 saturated heterocycles. The van der Waals surface area contributed by atoms with E-state index in [1.165, 1.54) is 7.11 Å². The average molecular weight is 369 g/mol. The summed E-state index contributed by atoms with van der Waals surface area (Å²) in [6.45, 7) is 1.79. The van der Waals surface area contributed by atoms with Crippen molar-refractivity contribution in [3.05, 3.63) is 63.6 Å². The minimum atomic E-state index is -0.983. The largest absolute Gasteiger partial charge is 0.467 e. The monoisotopic (exact) mass is 367 g/mol. The van der Waals surface area contributed by atoms with Gasteiger partial charge in [0.15, 0.2) is 5.54 Å². The molecule has 0 fully saturated rings. The Labute approximate surface area is 137 Å². The van der Waals surface area contributed by atoms with Crippen molar-refractivity contribution in [3.63, 3.8) is 0 Å². The van der Waals surface area contributed by atoms with Gasteiger partial charge in [-0.1, -0.05) is 39.7 Å². The van der Waals surface area contributed by atoms with Crippen molar-refractivity contribution in [2.24, 2.45) is 0 Å². The molecule has 0 aliphatic carbocycles. The Bertz CT molecular complexity index is 628. The molecule has 0 bridgehead atoms. The number of nitrogens with one attached hydrogen (secondary N) is 1. The van der Waals surface area contributed by atoms with Gasteiger partial charge in [0, 0.05) is 15.2 Å². The second-order valence-corrected chi connectivity index (χ2v) is 6.11. The molecule has 0 amide bonds. The van der Waals surface area contributed by atoms with E-state index in [0.717, 1.165) is 15.7 Å². The topological polar surface area (TPSA) is 38.3 Å².